The van der Waals surface area contributed by atoms with Gasteiger partial charge in [0.15, 0.2) is 0 Å². The Morgan fingerprint density at radius 1 is 1.10 bits per heavy atom. The fraction of sp³-hybridized carbons (Fsp3) is 0.360. The second kappa shape index (κ2) is 7.87. The maximum absolute atomic E-state index is 12.3. The molecule has 0 N–H and O–H groups in total. The molecule has 2 aliphatic rings. The van der Waals surface area contributed by atoms with Crippen LogP contribution in [0.4, 0.5) is 4.79 Å². The molecular formula is C25H26N2O3. The predicted molar refractivity (Wildman–Crippen MR) is 115 cm³/mol. The number of carbonyl (C=O) groups is 1. The Morgan fingerprint density at radius 2 is 1.87 bits per heavy atom. The first kappa shape index (κ1) is 20.0. The van der Waals surface area contributed by atoms with Gasteiger partial charge in [0, 0.05) is 13.1 Å². The summed E-state index contributed by atoms with van der Waals surface area (Å²) in [5, 5.41) is 9.01. The van der Waals surface area contributed by atoms with E-state index in [-0.39, 0.29) is 6.09 Å². The molecule has 5 nitrogen and oxygen atoms in total. The molecule has 1 amide bonds. The summed E-state index contributed by atoms with van der Waals surface area (Å²) in [5.74, 6) is 2.23. The number of likely N-dealkylation sites (tertiary alicyclic amines) is 1. The first-order valence-corrected chi connectivity index (χ1v) is 10.3. The van der Waals surface area contributed by atoms with Crippen LogP contribution in [0.3, 0.4) is 0 Å². The average Bonchev–Trinajstić information content (AvgIpc) is 3.27. The fourth-order valence-corrected chi connectivity index (χ4v) is 4.10. The van der Waals surface area contributed by atoms with E-state index in [0.29, 0.717) is 23.1 Å². The van der Waals surface area contributed by atoms with Gasteiger partial charge in [-0.05, 0) is 80.5 Å². The van der Waals surface area contributed by atoms with Gasteiger partial charge in [0.2, 0.25) is 0 Å². The van der Waals surface area contributed by atoms with Crippen LogP contribution >= 0.6 is 0 Å². The molecule has 30 heavy (non-hydrogen) atoms. The first-order valence-electron chi connectivity index (χ1n) is 10.3. The number of ether oxygens (including phenoxy) is 2. The van der Waals surface area contributed by atoms with Crippen molar-refractivity contribution in [2.75, 3.05) is 13.1 Å². The summed E-state index contributed by atoms with van der Waals surface area (Å²) >= 11 is 0. The Hall–Kier alpha value is -3.26. The van der Waals surface area contributed by atoms with Crippen LogP contribution in [-0.4, -0.2) is 29.7 Å². The van der Waals surface area contributed by atoms with E-state index in [1.807, 2.05) is 49.9 Å². The Bertz CT molecular complexity index is 1010. The molecule has 1 fully saturated rings. The Morgan fingerprint density at radius 3 is 2.53 bits per heavy atom. The highest BCUT2D eigenvalue weighted by Crippen LogP contribution is 2.41. The van der Waals surface area contributed by atoms with Gasteiger partial charge in [0.05, 0.1) is 11.6 Å². The van der Waals surface area contributed by atoms with E-state index < -0.39 is 5.60 Å². The van der Waals surface area contributed by atoms with Gasteiger partial charge >= 0.3 is 6.09 Å². The topological polar surface area (TPSA) is 62.6 Å². The van der Waals surface area contributed by atoms with E-state index >= 15 is 0 Å². The molecule has 2 aromatic rings. The molecule has 0 spiro atoms. The van der Waals surface area contributed by atoms with Crippen LogP contribution in [0.15, 0.2) is 54.6 Å². The van der Waals surface area contributed by atoms with E-state index in [4.69, 9.17) is 14.7 Å². The lowest BCUT2D eigenvalue weighted by atomic mass is 9.98. The lowest BCUT2D eigenvalue weighted by Crippen LogP contribution is -2.35. The minimum Gasteiger partial charge on any atom is -0.457 e. The summed E-state index contributed by atoms with van der Waals surface area (Å²) in [7, 11) is 0. The van der Waals surface area contributed by atoms with E-state index in [1.54, 1.807) is 12.1 Å². The van der Waals surface area contributed by atoms with Crippen LogP contribution < -0.4 is 4.74 Å². The molecule has 2 aromatic carbocycles. The number of nitrogens with zero attached hydrogens (tertiary/aromatic N) is 2. The van der Waals surface area contributed by atoms with Crippen LogP contribution in [0.2, 0.25) is 0 Å². The molecule has 0 unspecified atom stereocenters. The zero-order valence-electron chi connectivity index (χ0n) is 17.6. The van der Waals surface area contributed by atoms with E-state index in [1.165, 1.54) is 11.1 Å². The van der Waals surface area contributed by atoms with Crippen molar-refractivity contribution in [3.05, 3.63) is 65.7 Å². The fourth-order valence-electron chi connectivity index (χ4n) is 4.10. The summed E-state index contributed by atoms with van der Waals surface area (Å²) in [5.41, 5.74) is 2.63. The Balaban J connectivity index is 1.39. The largest absolute Gasteiger partial charge is 0.457 e. The highest BCUT2D eigenvalue weighted by atomic mass is 16.6. The van der Waals surface area contributed by atoms with Crippen molar-refractivity contribution in [1.82, 2.24) is 4.90 Å². The predicted octanol–water partition coefficient (Wildman–Crippen LogP) is 5.62. The van der Waals surface area contributed by atoms with Crippen molar-refractivity contribution in [3.63, 3.8) is 0 Å². The van der Waals surface area contributed by atoms with Gasteiger partial charge in [-0.25, -0.2) is 4.79 Å². The molecule has 1 aliphatic carbocycles. The molecule has 0 radical (unpaired) electrons. The number of hydrogen-bond acceptors (Lipinski definition) is 4. The smallest absolute Gasteiger partial charge is 0.410 e. The minimum atomic E-state index is -0.463. The highest BCUT2D eigenvalue weighted by Gasteiger charge is 2.39. The number of allylic oxidation sites excluding steroid dienone is 1. The number of carbonyl (C=O) groups excluding carboxylic acids is 1. The molecular weight excluding hydrogens is 376 g/mol. The maximum Gasteiger partial charge on any atom is 0.410 e. The van der Waals surface area contributed by atoms with Crippen LogP contribution in [-0.2, 0) is 4.74 Å². The summed E-state index contributed by atoms with van der Waals surface area (Å²) < 4.78 is 11.4. The molecule has 5 heteroatoms. The van der Waals surface area contributed by atoms with Gasteiger partial charge in [0.1, 0.15) is 17.1 Å². The summed E-state index contributed by atoms with van der Waals surface area (Å²) in [6.07, 6.45) is 3.06. The quantitative estimate of drug-likeness (QED) is 0.668. The van der Waals surface area contributed by atoms with Crippen LogP contribution in [0.5, 0.6) is 11.5 Å². The lowest BCUT2D eigenvalue weighted by molar-refractivity contribution is 0.0285. The minimum absolute atomic E-state index is 0.214. The number of amides is 1. The van der Waals surface area contributed by atoms with Crippen LogP contribution in [0.25, 0.3) is 5.57 Å². The van der Waals surface area contributed by atoms with Crippen molar-refractivity contribution in [2.45, 2.75) is 32.8 Å². The van der Waals surface area contributed by atoms with Crippen molar-refractivity contribution in [2.24, 2.45) is 11.8 Å². The van der Waals surface area contributed by atoms with Gasteiger partial charge in [-0.2, -0.15) is 5.26 Å². The second-order valence-corrected chi connectivity index (χ2v) is 8.97. The van der Waals surface area contributed by atoms with Gasteiger partial charge in [-0.1, -0.05) is 24.3 Å². The van der Waals surface area contributed by atoms with Gasteiger partial charge < -0.3 is 14.4 Å². The highest BCUT2D eigenvalue weighted by molar-refractivity contribution is 5.72. The molecule has 2 atom stereocenters. The zero-order chi connectivity index (χ0) is 21.3. The number of nitriles is 1. The number of hydrogen-bond donors (Lipinski definition) is 0. The van der Waals surface area contributed by atoms with Crippen LogP contribution in [0, 0.1) is 23.2 Å². The first-order chi connectivity index (χ1) is 14.3. The second-order valence-electron chi connectivity index (χ2n) is 8.97. The number of rotatable bonds is 3. The van der Waals surface area contributed by atoms with Crippen LogP contribution in [0.1, 0.15) is 38.3 Å². The van der Waals surface area contributed by atoms with Crippen molar-refractivity contribution < 1.29 is 14.3 Å². The monoisotopic (exact) mass is 402 g/mol. The molecule has 1 saturated heterocycles. The third-order valence-corrected chi connectivity index (χ3v) is 5.46. The average molecular weight is 402 g/mol. The Labute approximate surface area is 177 Å². The summed E-state index contributed by atoms with van der Waals surface area (Å²) in [6, 6.07) is 17.3. The third-order valence-electron chi connectivity index (χ3n) is 5.46. The Kier molecular flexibility index (Phi) is 5.26. The molecule has 1 aliphatic heterocycles. The third kappa shape index (κ3) is 4.49. The lowest BCUT2D eigenvalue weighted by Gasteiger charge is -2.24. The van der Waals surface area contributed by atoms with Gasteiger partial charge in [-0.15, -0.1) is 0 Å². The molecule has 1 heterocycles. The van der Waals surface area contributed by atoms with Crippen molar-refractivity contribution in [3.8, 4) is 17.6 Å². The van der Waals surface area contributed by atoms with Crippen molar-refractivity contribution in [1.29, 1.82) is 5.26 Å². The maximum atomic E-state index is 12.3. The molecule has 0 aromatic heterocycles. The van der Waals surface area contributed by atoms with E-state index in [0.717, 1.165) is 25.3 Å². The van der Waals surface area contributed by atoms with Crippen molar-refractivity contribution >= 4 is 11.7 Å². The zero-order valence-corrected chi connectivity index (χ0v) is 17.6. The van der Waals surface area contributed by atoms with E-state index in [9.17, 15) is 4.79 Å². The summed E-state index contributed by atoms with van der Waals surface area (Å²) in [4.78, 5) is 14.2. The standard InChI is InChI=1S/C25H26N2O3/c1-25(2,3)30-24(28)27-15-20-12-19(13-21(20)16-27)18-7-9-22(10-8-18)29-23-6-4-5-17(11-23)14-26/h4-12,20-21H,13,15-16H2,1-3H3/t20-,21+/m0/s1. The SMILES string of the molecule is CC(C)(C)OC(=O)N1C[C@H]2CC(c3ccc(Oc4cccc(C#N)c4)cc3)=C[C@H]2C1. The molecule has 154 valence electrons. The van der Waals surface area contributed by atoms with E-state index in [2.05, 4.69) is 24.3 Å². The molecule has 0 bridgehead atoms. The normalized spacial score (nSPS) is 20.3. The van der Waals surface area contributed by atoms with Gasteiger partial charge in [-0.3, -0.25) is 0 Å². The number of fused-ring (bicyclic) bond motifs is 1. The molecule has 4 rings (SSSR count). The van der Waals surface area contributed by atoms with Gasteiger partial charge in [0.25, 0.3) is 0 Å². The number of benzene rings is 2. The molecule has 0 saturated carbocycles. The summed E-state index contributed by atoms with van der Waals surface area (Å²) in [6.45, 7) is 7.16.